The first kappa shape index (κ1) is 16.9. The first-order valence-corrected chi connectivity index (χ1v) is 7.83. The Balaban J connectivity index is 1.82. The smallest absolute Gasteiger partial charge is 0.244 e. The fourth-order valence-corrected chi connectivity index (χ4v) is 2.39. The molecule has 0 heterocycles. The Kier molecular flexibility index (Phi) is 6.32. The topological polar surface area (TPSA) is 29.1 Å². The number of benzene rings is 2. The van der Waals surface area contributed by atoms with Gasteiger partial charge in [0.1, 0.15) is 0 Å². The van der Waals surface area contributed by atoms with E-state index in [1.54, 1.807) is 24.3 Å². The lowest BCUT2D eigenvalue weighted by Crippen LogP contribution is -2.23. The Morgan fingerprint density at radius 1 is 1.05 bits per heavy atom. The molecule has 1 amide bonds. The molecule has 2 rings (SSSR count). The average molecular weight is 355 g/mol. The van der Waals surface area contributed by atoms with Gasteiger partial charge < -0.3 is 5.32 Å². The third kappa shape index (κ3) is 5.38. The summed E-state index contributed by atoms with van der Waals surface area (Å²) in [5.74, 6) is -0.159. The Labute approximate surface area is 144 Å². The van der Waals surface area contributed by atoms with Crippen molar-refractivity contribution in [3.05, 3.63) is 74.7 Å². The Morgan fingerprint density at radius 3 is 2.59 bits per heavy atom. The van der Waals surface area contributed by atoms with E-state index in [1.165, 1.54) is 6.08 Å². The quantitative estimate of drug-likeness (QED) is 0.751. The highest BCUT2D eigenvalue weighted by Crippen LogP contribution is 2.23. The van der Waals surface area contributed by atoms with Gasteiger partial charge in [-0.3, -0.25) is 4.79 Å². The van der Waals surface area contributed by atoms with Crippen LogP contribution in [-0.4, -0.2) is 12.5 Å². The summed E-state index contributed by atoms with van der Waals surface area (Å²) in [6, 6.07) is 12.8. The molecule has 0 aliphatic heterocycles. The number of nitrogens with one attached hydrogen (secondary N) is 1. The molecule has 0 unspecified atom stereocenters. The largest absolute Gasteiger partial charge is 0.352 e. The number of halogens is 3. The number of rotatable bonds is 5. The van der Waals surface area contributed by atoms with Crippen LogP contribution in [0.25, 0.3) is 6.08 Å². The molecule has 5 heteroatoms. The summed E-state index contributed by atoms with van der Waals surface area (Å²) in [5, 5.41) is 4.47. The van der Waals surface area contributed by atoms with Crippen LogP contribution in [0.15, 0.2) is 48.5 Å². The lowest BCUT2D eigenvalue weighted by molar-refractivity contribution is -0.116. The lowest BCUT2D eigenvalue weighted by Gasteiger charge is -2.03. The van der Waals surface area contributed by atoms with Gasteiger partial charge in [-0.05, 0) is 47.9 Å². The number of amides is 1. The standard InChI is InChI=1S/C17H14Cl3NO/c18-14-3-1-2-12(10-14)8-9-21-17(22)7-5-13-4-6-15(19)16(20)11-13/h1-7,10-11H,8-9H2,(H,21,22). The van der Waals surface area contributed by atoms with E-state index in [-0.39, 0.29) is 5.91 Å². The second-order valence-electron chi connectivity index (χ2n) is 4.68. The summed E-state index contributed by atoms with van der Waals surface area (Å²) in [6.45, 7) is 0.547. The van der Waals surface area contributed by atoms with E-state index in [0.29, 0.717) is 21.6 Å². The van der Waals surface area contributed by atoms with Gasteiger partial charge in [0, 0.05) is 17.6 Å². The van der Waals surface area contributed by atoms with Gasteiger partial charge in [-0.25, -0.2) is 0 Å². The Hall–Kier alpha value is -1.48. The molecule has 0 spiro atoms. The van der Waals surface area contributed by atoms with Crippen molar-refractivity contribution in [3.8, 4) is 0 Å². The van der Waals surface area contributed by atoms with E-state index in [9.17, 15) is 4.79 Å². The number of hydrogen-bond acceptors (Lipinski definition) is 1. The monoisotopic (exact) mass is 353 g/mol. The second-order valence-corrected chi connectivity index (χ2v) is 5.93. The summed E-state index contributed by atoms with van der Waals surface area (Å²) >= 11 is 17.7. The highest BCUT2D eigenvalue weighted by molar-refractivity contribution is 6.42. The fourth-order valence-electron chi connectivity index (χ4n) is 1.87. The summed E-state index contributed by atoms with van der Waals surface area (Å²) in [5.41, 5.74) is 1.90. The molecule has 2 nitrogen and oxygen atoms in total. The maximum absolute atomic E-state index is 11.7. The third-order valence-corrected chi connectivity index (χ3v) is 3.95. The molecule has 0 radical (unpaired) electrons. The van der Waals surface area contributed by atoms with Crippen LogP contribution in [0.1, 0.15) is 11.1 Å². The molecule has 0 fully saturated rings. The van der Waals surface area contributed by atoms with Crippen molar-refractivity contribution in [1.82, 2.24) is 5.32 Å². The first-order chi connectivity index (χ1) is 10.5. The number of carbonyl (C=O) groups excluding carboxylic acids is 1. The van der Waals surface area contributed by atoms with Crippen LogP contribution in [0.3, 0.4) is 0 Å². The normalized spacial score (nSPS) is 10.9. The van der Waals surface area contributed by atoms with E-state index < -0.39 is 0 Å². The first-order valence-electron chi connectivity index (χ1n) is 6.70. The minimum absolute atomic E-state index is 0.159. The van der Waals surface area contributed by atoms with E-state index in [4.69, 9.17) is 34.8 Å². The molecule has 114 valence electrons. The van der Waals surface area contributed by atoms with Crippen LogP contribution in [0.4, 0.5) is 0 Å². The van der Waals surface area contributed by atoms with Crippen LogP contribution in [0.5, 0.6) is 0 Å². The highest BCUT2D eigenvalue weighted by Gasteiger charge is 1.99. The maximum atomic E-state index is 11.7. The summed E-state index contributed by atoms with van der Waals surface area (Å²) in [6.07, 6.45) is 3.89. The van der Waals surface area contributed by atoms with Gasteiger partial charge in [0.05, 0.1) is 10.0 Å². The van der Waals surface area contributed by atoms with Crippen LogP contribution in [0, 0.1) is 0 Å². The van der Waals surface area contributed by atoms with Crippen molar-refractivity contribution in [1.29, 1.82) is 0 Å². The molecule has 2 aromatic carbocycles. The Morgan fingerprint density at radius 2 is 1.86 bits per heavy atom. The molecule has 0 saturated carbocycles. The van der Waals surface area contributed by atoms with Crippen molar-refractivity contribution < 1.29 is 4.79 Å². The van der Waals surface area contributed by atoms with Crippen molar-refractivity contribution in [3.63, 3.8) is 0 Å². The van der Waals surface area contributed by atoms with Crippen LogP contribution in [-0.2, 0) is 11.2 Å². The zero-order valence-electron chi connectivity index (χ0n) is 11.7. The molecule has 0 aliphatic carbocycles. The summed E-state index contributed by atoms with van der Waals surface area (Å²) in [4.78, 5) is 11.7. The molecule has 0 aromatic heterocycles. The second kappa shape index (κ2) is 8.23. The minimum Gasteiger partial charge on any atom is -0.352 e. The van der Waals surface area contributed by atoms with Crippen LogP contribution in [0.2, 0.25) is 15.1 Å². The molecule has 0 aliphatic rings. The molecular weight excluding hydrogens is 341 g/mol. The lowest BCUT2D eigenvalue weighted by atomic mass is 10.1. The molecule has 0 bridgehead atoms. The number of hydrogen-bond donors (Lipinski definition) is 1. The average Bonchev–Trinajstić information content (AvgIpc) is 2.48. The van der Waals surface area contributed by atoms with Gasteiger partial charge in [0.15, 0.2) is 0 Å². The van der Waals surface area contributed by atoms with E-state index in [0.717, 1.165) is 17.5 Å². The fraction of sp³-hybridized carbons (Fsp3) is 0.118. The summed E-state index contributed by atoms with van der Waals surface area (Å²) < 4.78 is 0. The van der Waals surface area contributed by atoms with E-state index in [1.807, 2.05) is 24.3 Å². The third-order valence-electron chi connectivity index (χ3n) is 2.97. The van der Waals surface area contributed by atoms with Crippen molar-refractivity contribution in [2.24, 2.45) is 0 Å². The van der Waals surface area contributed by atoms with Gasteiger partial charge in [-0.15, -0.1) is 0 Å². The van der Waals surface area contributed by atoms with Crippen molar-refractivity contribution >= 4 is 46.8 Å². The molecule has 1 N–H and O–H groups in total. The molecule has 2 aromatic rings. The molecular formula is C17H14Cl3NO. The zero-order chi connectivity index (χ0) is 15.9. The predicted molar refractivity (Wildman–Crippen MR) is 93.7 cm³/mol. The van der Waals surface area contributed by atoms with E-state index >= 15 is 0 Å². The van der Waals surface area contributed by atoms with Crippen molar-refractivity contribution in [2.45, 2.75) is 6.42 Å². The maximum Gasteiger partial charge on any atom is 0.244 e. The predicted octanol–water partition coefficient (Wildman–Crippen LogP) is 5.02. The molecule has 0 atom stereocenters. The Bertz CT molecular complexity index is 698. The zero-order valence-corrected chi connectivity index (χ0v) is 13.9. The van der Waals surface area contributed by atoms with Gasteiger partial charge in [-0.2, -0.15) is 0 Å². The molecule has 22 heavy (non-hydrogen) atoms. The highest BCUT2D eigenvalue weighted by atomic mass is 35.5. The van der Waals surface area contributed by atoms with Gasteiger partial charge in [0.25, 0.3) is 0 Å². The van der Waals surface area contributed by atoms with Gasteiger partial charge in [-0.1, -0.05) is 53.0 Å². The number of carbonyl (C=O) groups is 1. The summed E-state index contributed by atoms with van der Waals surface area (Å²) in [7, 11) is 0. The molecule has 0 saturated heterocycles. The van der Waals surface area contributed by atoms with Gasteiger partial charge in [0.2, 0.25) is 5.91 Å². The SMILES string of the molecule is O=C(C=Cc1ccc(Cl)c(Cl)c1)NCCc1cccc(Cl)c1. The van der Waals surface area contributed by atoms with E-state index in [2.05, 4.69) is 5.32 Å². The minimum atomic E-state index is -0.159. The van der Waals surface area contributed by atoms with Crippen molar-refractivity contribution in [2.75, 3.05) is 6.54 Å². The van der Waals surface area contributed by atoms with Gasteiger partial charge >= 0.3 is 0 Å². The van der Waals surface area contributed by atoms with Crippen LogP contribution < -0.4 is 5.32 Å². The van der Waals surface area contributed by atoms with Crippen LogP contribution >= 0.6 is 34.8 Å².